The summed E-state index contributed by atoms with van der Waals surface area (Å²) in [5.74, 6) is 0.673. The second kappa shape index (κ2) is 6.37. The Labute approximate surface area is 106 Å². The van der Waals surface area contributed by atoms with Crippen molar-refractivity contribution in [1.29, 1.82) is 0 Å². The van der Waals surface area contributed by atoms with Crippen molar-refractivity contribution in [2.45, 2.75) is 13.0 Å². The van der Waals surface area contributed by atoms with Gasteiger partial charge in [0.2, 0.25) is 5.91 Å². The summed E-state index contributed by atoms with van der Waals surface area (Å²) in [4.78, 5) is 11.9. The third-order valence-electron chi connectivity index (χ3n) is 2.65. The van der Waals surface area contributed by atoms with Crippen molar-refractivity contribution in [1.82, 2.24) is 5.32 Å². The molecule has 1 aromatic carbocycles. The van der Waals surface area contributed by atoms with Crippen LogP contribution in [-0.4, -0.2) is 38.3 Å². The van der Waals surface area contributed by atoms with E-state index in [0.29, 0.717) is 26.4 Å². The molecule has 0 bridgehead atoms. The summed E-state index contributed by atoms with van der Waals surface area (Å²) >= 11 is 0. The molecule has 1 unspecified atom stereocenters. The van der Waals surface area contributed by atoms with E-state index in [2.05, 4.69) is 10.6 Å². The predicted octanol–water partition coefficient (Wildman–Crippen LogP) is 1.01. The van der Waals surface area contributed by atoms with Crippen molar-refractivity contribution in [2.75, 3.05) is 31.7 Å². The molecule has 0 saturated carbocycles. The molecule has 98 valence electrons. The van der Waals surface area contributed by atoms with Crippen LogP contribution in [0.15, 0.2) is 24.3 Å². The molecule has 0 spiro atoms. The fourth-order valence-electron chi connectivity index (χ4n) is 1.79. The lowest BCUT2D eigenvalue weighted by atomic mass is 10.2. The van der Waals surface area contributed by atoms with Crippen LogP contribution in [0.1, 0.15) is 6.92 Å². The van der Waals surface area contributed by atoms with Gasteiger partial charge in [0.05, 0.1) is 19.8 Å². The number of hydrogen-bond acceptors (Lipinski definition) is 4. The molecule has 0 aliphatic carbocycles. The van der Waals surface area contributed by atoms with Crippen LogP contribution in [0.2, 0.25) is 0 Å². The standard InChI is InChI=1S/C13H18N2O3/c1-2-18-11-5-3-4-10(8-11)15-13(16)12-9-17-7-6-14-12/h3-5,8,12,14H,2,6-7,9H2,1H3,(H,15,16). The molecule has 18 heavy (non-hydrogen) atoms. The first kappa shape index (κ1) is 12.9. The predicted molar refractivity (Wildman–Crippen MR) is 68.9 cm³/mol. The van der Waals surface area contributed by atoms with Gasteiger partial charge in [-0.05, 0) is 19.1 Å². The average Bonchev–Trinajstić information content (AvgIpc) is 2.40. The van der Waals surface area contributed by atoms with E-state index in [1.165, 1.54) is 0 Å². The molecule has 1 aliphatic heterocycles. The highest BCUT2D eigenvalue weighted by atomic mass is 16.5. The normalized spacial score (nSPS) is 19.3. The molecule has 0 aromatic heterocycles. The molecule has 1 amide bonds. The summed E-state index contributed by atoms with van der Waals surface area (Å²) in [6, 6.07) is 7.08. The smallest absolute Gasteiger partial charge is 0.243 e. The Hall–Kier alpha value is -1.59. The fourth-order valence-corrected chi connectivity index (χ4v) is 1.79. The number of rotatable bonds is 4. The monoisotopic (exact) mass is 250 g/mol. The Kier molecular flexibility index (Phi) is 4.55. The van der Waals surface area contributed by atoms with Gasteiger partial charge in [0, 0.05) is 18.3 Å². The van der Waals surface area contributed by atoms with Gasteiger partial charge < -0.3 is 20.1 Å². The molecule has 1 aromatic rings. The molecule has 1 atom stereocenters. The molecule has 1 fully saturated rings. The molecule has 1 saturated heterocycles. The minimum atomic E-state index is -0.283. The number of hydrogen-bond donors (Lipinski definition) is 2. The number of morpholine rings is 1. The van der Waals surface area contributed by atoms with Gasteiger partial charge in [-0.25, -0.2) is 0 Å². The van der Waals surface area contributed by atoms with Crippen LogP contribution >= 0.6 is 0 Å². The number of nitrogens with one attached hydrogen (secondary N) is 2. The maximum atomic E-state index is 11.9. The van der Waals surface area contributed by atoms with Crippen molar-refractivity contribution < 1.29 is 14.3 Å². The Morgan fingerprint density at radius 3 is 3.22 bits per heavy atom. The second-order valence-corrected chi connectivity index (χ2v) is 4.03. The Bertz CT molecular complexity index is 403. The lowest BCUT2D eigenvalue weighted by molar-refractivity contribution is -0.120. The Morgan fingerprint density at radius 1 is 1.61 bits per heavy atom. The van der Waals surface area contributed by atoms with Crippen molar-refractivity contribution in [2.24, 2.45) is 0 Å². The zero-order valence-corrected chi connectivity index (χ0v) is 10.4. The lowest BCUT2D eigenvalue weighted by Crippen LogP contribution is -2.48. The first-order valence-electron chi connectivity index (χ1n) is 6.14. The first-order chi connectivity index (χ1) is 8.79. The van der Waals surface area contributed by atoms with E-state index in [1.54, 1.807) is 0 Å². The third kappa shape index (κ3) is 3.45. The maximum absolute atomic E-state index is 11.9. The number of carbonyl (C=O) groups excluding carboxylic acids is 1. The quantitative estimate of drug-likeness (QED) is 0.837. The van der Waals surface area contributed by atoms with Crippen molar-refractivity contribution in [3.05, 3.63) is 24.3 Å². The Morgan fingerprint density at radius 2 is 2.50 bits per heavy atom. The second-order valence-electron chi connectivity index (χ2n) is 4.03. The van der Waals surface area contributed by atoms with Crippen LogP contribution in [0.4, 0.5) is 5.69 Å². The largest absolute Gasteiger partial charge is 0.494 e. The highest BCUT2D eigenvalue weighted by Crippen LogP contribution is 2.17. The van der Waals surface area contributed by atoms with Crippen LogP contribution < -0.4 is 15.4 Å². The van der Waals surface area contributed by atoms with E-state index in [9.17, 15) is 4.79 Å². The number of anilines is 1. The number of amides is 1. The van der Waals surface area contributed by atoms with Crippen LogP contribution in [0.5, 0.6) is 5.75 Å². The third-order valence-corrected chi connectivity index (χ3v) is 2.65. The van der Waals surface area contributed by atoms with E-state index in [-0.39, 0.29) is 11.9 Å². The summed E-state index contributed by atoms with van der Waals surface area (Å²) in [6.45, 7) is 4.31. The van der Waals surface area contributed by atoms with Gasteiger partial charge in [0.1, 0.15) is 11.8 Å². The van der Waals surface area contributed by atoms with Crippen LogP contribution in [-0.2, 0) is 9.53 Å². The van der Waals surface area contributed by atoms with Gasteiger partial charge in [0.15, 0.2) is 0 Å². The van der Waals surface area contributed by atoms with Crippen molar-refractivity contribution >= 4 is 11.6 Å². The fraction of sp³-hybridized carbons (Fsp3) is 0.462. The van der Waals surface area contributed by atoms with Gasteiger partial charge >= 0.3 is 0 Å². The summed E-state index contributed by atoms with van der Waals surface area (Å²) in [5, 5.41) is 5.96. The minimum absolute atomic E-state index is 0.0802. The van der Waals surface area contributed by atoms with Crippen LogP contribution in [0.3, 0.4) is 0 Å². The molecule has 2 N–H and O–H groups in total. The molecular weight excluding hydrogens is 232 g/mol. The number of benzene rings is 1. The summed E-state index contributed by atoms with van der Waals surface area (Å²) in [5.41, 5.74) is 0.735. The number of ether oxygens (including phenoxy) is 2. The summed E-state index contributed by atoms with van der Waals surface area (Å²) in [7, 11) is 0. The zero-order chi connectivity index (χ0) is 12.8. The molecule has 2 rings (SSSR count). The molecule has 0 radical (unpaired) electrons. The Balaban J connectivity index is 1.95. The van der Waals surface area contributed by atoms with Crippen molar-refractivity contribution in [3.63, 3.8) is 0 Å². The van der Waals surface area contributed by atoms with Crippen LogP contribution in [0, 0.1) is 0 Å². The zero-order valence-electron chi connectivity index (χ0n) is 10.4. The molecular formula is C13H18N2O3. The topological polar surface area (TPSA) is 59.6 Å². The molecule has 1 heterocycles. The molecule has 5 heteroatoms. The lowest BCUT2D eigenvalue weighted by Gasteiger charge is -2.22. The van der Waals surface area contributed by atoms with Crippen molar-refractivity contribution in [3.8, 4) is 5.75 Å². The van der Waals surface area contributed by atoms with E-state index in [4.69, 9.17) is 9.47 Å². The average molecular weight is 250 g/mol. The van der Waals surface area contributed by atoms with Gasteiger partial charge in [-0.2, -0.15) is 0 Å². The van der Waals surface area contributed by atoms with Gasteiger partial charge in [-0.15, -0.1) is 0 Å². The molecule has 1 aliphatic rings. The van der Waals surface area contributed by atoms with E-state index >= 15 is 0 Å². The van der Waals surface area contributed by atoms with Gasteiger partial charge in [0.25, 0.3) is 0 Å². The summed E-state index contributed by atoms with van der Waals surface area (Å²) in [6.07, 6.45) is 0. The van der Waals surface area contributed by atoms with Gasteiger partial charge in [-0.1, -0.05) is 6.07 Å². The highest BCUT2D eigenvalue weighted by Gasteiger charge is 2.21. The SMILES string of the molecule is CCOc1cccc(NC(=O)C2COCCN2)c1. The highest BCUT2D eigenvalue weighted by molar-refractivity contribution is 5.95. The maximum Gasteiger partial charge on any atom is 0.243 e. The van der Waals surface area contributed by atoms with Crippen LogP contribution in [0.25, 0.3) is 0 Å². The minimum Gasteiger partial charge on any atom is -0.494 e. The van der Waals surface area contributed by atoms with E-state index < -0.39 is 0 Å². The molecule has 5 nitrogen and oxygen atoms in total. The van der Waals surface area contributed by atoms with E-state index in [0.717, 1.165) is 11.4 Å². The number of carbonyl (C=O) groups is 1. The van der Waals surface area contributed by atoms with E-state index in [1.807, 2.05) is 31.2 Å². The first-order valence-corrected chi connectivity index (χ1v) is 6.14. The summed E-state index contributed by atoms with van der Waals surface area (Å²) < 4.78 is 10.6. The van der Waals surface area contributed by atoms with Gasteiger partial charge in [-0.3, -0.25) is 4.79 Å².